The van der Waals surface area contributed by atoms with Crippen molar-refractivity contribution in [2.75, 3.05) is 0 Å². The molecule has 0 fully saturated rings. The molecule has 0 rings (SSSR count). The van der Waals surface area contributed by atoms with Crippen LogP contribution in [-0.2, 0) is 4.79 Å². The largest absolute Gasteiger partial charge is 0.327 e. The van der Waals surface area contributed by atoms with Gasteiger partial charge in [0.2, 0.25) is 5.91 Å². The van der Waals surface area contributed by atoms with Gasteiger partial charge < -0.3 is 5.73 Å². The van der Waals surface area contributed by atoms with Crippen LogP contribution >= 0.6 is 0 Å². The average molecular weight is 141 g/mol. The van der Waals surface area contributed by atoms with E-state index in [4.69, 9.17) is 11.0 Å². The van der Waals surface area contributed by atoms with Crippen LogP contribution in [0.25, 0.3) is 0 Å². The van der Waals surface area contributed by atoms with Crippen molar-refractivity contribution in [1.29, 1.82) is 5.26 Å². The van der Waals surface area contributed by atoms with Crippen molar-refractivity contribution in [3.8, 4) is 6.19 Å². The molecular formula is C6H11N3O. The number of rotatable bonds is 2. The Bertz CT molecular complexity index is 159. The summed E-state index contributed by atoms with van der Waals surface area (Å²) >= 11 is 0. The zero-order valence-electron chi connectivity index (χ0n) is 6.09. The smallest absolute Gasteiger partial charge is 0.237 e. The molecule has 56 valence electrons. The average Bonchev–Trinajstić information content (AvgIpc) is 1.87. The zero-order chi connectivity index (χ0) is 8.15. The van der Waals surface area contributed by atoms with E-state index < -0.39 is 0 Å². The fraction of sp³-hybridized carbons (Fsp3) is 0.667. The Morgan fingerprint density at radius 1 is 1.70 bits per heavy atom. The molecule has 0 aromatic rings. The third-order valence-corrected chi connectivity index (χ3v) is 1.38. The first-order valence-corrected chi connectivity index (χ1v) is 3.04. The van der Waals surface area contributed by atoms with Crippen molar-refractivity contribution < 1.29 is 4.79 Å². The molecule has 0 aromatic carbocycles. The van der Waals surface area contributed by atoms with Crippen LogP contribution in [0.2, 0.25) is 0 Å². The normalized spacial score (nSPS) is 15.0. The summed E-state index contributed by atoms with van der Waals surface area (Å²) in [4.78, 5) is 10.8. The SMILES string of the molecule is CC(N)C(C)C(=O)NC#N. The van der Waals surface area contributed by atoms with Crippen LogP contribution in [0.1, 0.15) is 13.8 Å². The topological polar surface area (TPSA) is 78.9 Å². The van der Waals surface area contributed by atoms with Crippen LogP contribution in [0.15, 0.2) is 0 Å². The van der Waals surface area contributed by atoms with Crippen LogP contribution in [0, 0.1) is 17.4 Å². The lowest BCUT2D eigenvalue weighted by Crippen LogP contribution is -2.36. The summed E-state index contributed by atoms with van der Waals surface area (Å²) in [5.74, 6) is -0.628. The van der Waals surface area contributed by atoms with E-state index in [9.17, 15) is 4.79 Å². The highest BCUT2D eigenvalue weighted by Gasteiger charge is 2.15. The van der Waals surface area contributed by atoms with Gasteiger partial charge in [-0.1, -0.05) is 6.92 Å². The summed E-state index contributed by atoms with van der Waals surface area (Å²) in [5, 5.41) is 10.1. The number of carbonyl (C=O) groups is 1. The summed E-state index contributed by atoms with van der Waals surface area (Å²) < 4.78 is 0. The molecule has 2 atom stereocenters. The number of hydrogen-bond acceptors (Lipinski definition) is 3. The van der Waals surface area contributed by atoms with E-state index in [0.29, 0.717) is 0 Å². The van der Waals surface area contributed by atoms with Crippen LogP contribution in [0.3, 0.4) is 0 Å². The molecule has 0 aliphatic heterocycles. The van der Waals surface area contributed by atoms with Crippen molar-refractivity contribution in [3.05, 3.63) is 0 Å². The first-order valence-electron chi connectivity index (χ1n) is 3.04. The summed E-state index contributed by atoms with van der Waals surface area (Å²) in [6.07, 6.45) is 1.55. The molecule has 2 unspecified atom stereocenters. The Kier molecular flexibility index (Phi) is 3.44. The standard InChI is InChI=1S/C6H11N3O/c1-4(5(2)8)6(10)9-3-7/h4-5H,8H2,1-2H3,(H,9,10). The molecule has 10 heavy (non-hydrogen) atoms. The Hall–Kier alpha value is -1.08. The van der Waals surface area contributed by atoms with E-state index in [1.807, 2.05) is 5.32 Å². The first kappa shape index (κ1) is 8.92. The zero-order valence-corrected chi connectivity index (χ0v) is 6.09. The summed E-state index contributed by atoms with van der Waals surface area (Å²) in [5.41, 5.74) is 5.40. The molecular weight excluding hydrogens is 130 g/mol. The van der Waals surface area contributed by atoms with Crippen molar-refractivity contribution >= 4 is 5.91 Å². The number of nitrogens with two attached hydrogens (primary N) is 1. The lowest BCUT2D eigenvalue weighted by atomic mass is 10.0. The van der Waals surface area contributed by atoms with Crippen molar-refractivity contribution in [2.24, 2.45) is 11.7 Å². The highest BCUT2D eigenvalue weighted by molar-refractivity contribution is 5.80. The predicted molar refractivity (Wildman–Crippen MR) is 36.6 cm³/mol. The number of amides is 1. The minimum absolute atomic E-state index is 0.214. The predicted octanol–water partition coefficient (Wildman–Crippen LogP) is -0.433. The van der Waals surface area contributed by atoms with Crippen LogP contribution in [-0.4, -0.2) is 11.9 Å². The maximum Gasteiger partial charge on any atom is 0.237 e. The summed E-state index contributed by atoms with van der Waals surface area (Å²) in [7, 11) is 0. The van der Waals surface area contributed by atoms with E-state index in [2.05, 4.69) is 0 Å². The van der Waals surface area contributed by atoms with E-state index in [-0.39, 0.29) is 17.9 Å². The second kappa shape index (κ2) is 3.85. The third-order valence-electron chi connectivity index (χ3n) is 1.38. The molecule has 1 amide bonds. The van der Waals surface area contributed by atoms with E-state index in [0.717, 1.165) is 0 Å². The van der Waals surface area contributed by atoms with Gasteiger partial charge in [0.1, 0.15) is 0 Å². The minimum atomic E-state index is -0.322. The van der Waals surface area contributed by atoms with E-state index in [1.54, 1.807) is 20.0 Å². The lowest BCUT2D eigenvalue weighted by Gasteiger charge is -2.11. The van der Waals surface area contributed by atoms with Crippen molar-refractivity contribution in [1.82, 2.24) is 5.32 Å². The summed E-state index contributed by atoms with van der Waals surface area (Å²) in [6, 6.07) is -0.214. The fourth-order valence-corrected chi connectivity index (χ4v) is 0.408. The van der Waals surface area contributed by atoms with Gasteiger partial charge in [-0.05, 0) is 6.92 Å². The van der Waals surface area contributed by atoms with Gasteiger partial charge in [0, 0.05) is 6.04 Å². The lowest BCUT2D eigenvalue weighted by molar-refractivity contribution is -0.123. The molecule has 0 saturated carbocycles. The monoisotopic (exact) mass is 141 g/mol. The molecule has 0 bridgehead atoms. The Morgan fingerprint density at radius 3 is 2.50 bits per heavy atom. The molecule has 0 aliphatic rings. The van der Waals surface area contributed by atoms with E-state index in [1.165, 1.54) is 0 Å². The van der Waals surface area contributed by atoms with Gasteiger partial charge in [0.05, 0.1) is 5.92 Å². The molecule has 0 aliphatic carbocycles. The fourth-order valence-electron chi connectivity index (χ4n) is 0.408. The molecule has 0 saturated heterocycles. The van der Waals surface area contributed by atoms with Crippen LogP contribution < -0.4 is 11.1 Å². The van der Waals surface area contributed by atoms with Gasteiger partial charge in [0.15, 0.2) is 6.19 Å². The molecule has 4 heteroatoms. The summed E-state index contributed by atoms with van der Waals surface area (Å²) in [6.45, 7) is 3.40. The highest BCUT2D eigenvalue weighted by atomic mass is 16.1. The Balaban J connectivity index is 3.85. The second-order valence-corrected chi connectivity index (χ2v) is 2.25. The van der Waals surface area contributed by atoms with Gasteiger partial charge in [-0.2, -0.15) is 5.26 Å². The molecule has 0 aromatic heterocycles. The second-order valence-electron chi connectivity index (χ2n) is 2.25. The van der Waals surface area contributed by atoms with Gasteiger partial charge in [-0.15, -0.1) is 0 Å². The first-order chi connectivity index (χ1) is 4.59. The molecule has 0 radical (unpaired) electrons. The van der Waals surface area contributed by atoms with Gasteiger partial charge >= 0.3 is 0 Å². The molecule has 4 nitrogen and oxygen atoms in total. The highest BCUT2D eigenvalue weighted by Crippen LogP contribution is 1.97. The maximum atomic E-state index is 10.8. The van der Waals surface area contributed by atoms with Gasteiger partial charge in [-0.3, -0.25) is 10.1 Å². The molecule has 3 N–H and O–H groups in total. The number of nitrogens with zero attached hydrogens (tertiary/aromatic N) is 1. The number of carbonyl (C=O) groups excluding carboxylic acids is 1. The quantitative estimate of drug-likeness (QED) is 0.404. The van der Waals surface area contributed by atoms with E-state index >= 15 is 0 Å². The van der Waals surface area contributed by atoms with Crippen molar-refractivity contribution in [3.63, 3.8) is 0 Å². The number of nitrogens with one attached hydrogen (secondary N) is 1. The molecule has 0 heterocycles. The van der Waals surface area contributed by atoms with Crippen molar-refractivity contribution in [2.45, 2.75) is 19.9 Å². The van der Waals surface area contributed by atoms with Gasteiger partial charge in [0.25, 0.3) is 0 Å². The Labute approximate surface area is 60.0 Å². The number of nitriles is 1. The maximum absolute atomic E-state index is 10.8. The molecule has 0 spiro atoms. The van der Waals surface area contributed by atoms with Gasteiger partial charge in [-0.25, -0.2) is 0 Å². The Morgan fingerprint density at radius 2 is 2.20 bits per heavy atom. The number of hydrogen-bond donors (Lipinski definition) is 2. The minimum Gasteiger partial charge on any atom is -0.327 e. The third kappa shape index (κ3) is 2.46. The van der Waals surface area contributed by atoms with Crippen LogP contribution in [0.4, 0.5) is 0 Å². The van der Waals surface area contributed by atoms with Crippen LogP contribution in [0.5, 0.6) is 0 Å².